The number of anilines is 1. The number of nitrogens with one attached hydrogen (secondary N) is 2. The van der Waals surface area contributed by atoms with Gasteiger partial charge in [-0.15, -0.1) is 0 Å². The van der Waals surface area contributed by atoms with Gasteiger partial charge in [0.1, 0.15) is 0 Å². The lowest BCUT2D eigenvalue weighted by atomic mass is 10.1. The molecule has 3 rings (SSSR count). The van der Waals surface area contributed by atoms with Crippen LogP contribution < -0.4 is 10.6 Å². The van der Waals surface area contributed by atoms with Gasteiger partial charge in [-0.1, -0.05) is 30.3 Å². The number of carbonyl (C=O) groups excluding carboxylic acids is 1. The number of rotatable bonds is 5. The highest BCUT2D eigenvalue weighted by Gasteiger charge is 2.28. The standard InChI is InChI=1S/C18H22N4O3S/c1-26(24,25)22-11-9-14(13-22)12-20-18(23)21-16-8-5-10-19-17(16)15-6-3-2-4-7-15/h2-8,10,14H,9,11-13H2,1H3,(H2,20,21,23). The van der Waals surface area contributed by atoms with Crippen molar-refractivity contribution in [1.29, 1.82) is 0 Å². The number of amides is 2. The van der Waals surface area contributed by atoms with Gasteiger partial charge in [0.05, 0.1) is 17.6 Å². The monoisotopic (exact) mass is 374 g/mol. The lowest BCUT2D eigenvalue weighted by molar-refractivity contribution is 0.250. The van der Waals surface area contributed by atoms with E-state index in [1.54, 1.807) is 18.3 Å². The summed E-state index contributed by atoms with van der Waals surface area (Å²) in [5, 5.41) is 5.65. The van der Waals surface area contributed by atoms with Crippen LogP contribution >= 0.6 is 0 Å². The summed E-state index contributed by atoms with van der Waals surface area (Å²) < 4.78 is 24.6. The van der Waals surface area contributed by atoms with Gasteiger partial charge in [-0.2, -0.15) is 0 Å². The number of nitrogens with zero attached hydrogens (tertiary/aromatic N) is 2. The van der Waals surface area contributed by atoms with Gasteiger partial charge < -0.3 is 10.6 Å². The third-order valence-electron chi connectivity index (χ3n) is 4.37. The number of hydrogen-bond acceptors (Lipinski definition) is 4. The number of sulfonamides is 1. The van der Waals surface area contributed by atoms with E-state index in [0.717, 1.165) is 12.0 Å². The first-order valence-corrected chi connectivity index (χ1v) is 10.3. The van der Waals surface area contributed by atoms with Gasteiger partial charge >= 0.3 is 6.03 Å². The van der Waals surface area contributed by atoms with E-state index < -0.39 is 10.0 Å². The highest BCUT2D eigenvalue weighted by Crippen LogP contribution is 2.25. The summed E-state index contributed by atoms with van der Waals surface area (Å²) in [5.74, 6) is 0.123. The smallest absolute Gasteiger partial charge is 0.319 e. The topological polar surface area (TPSA) is 91.4 Å². The molecule has 1 aromatic carbocycles. The molecule has 0 bridgehead atoms. The number of pyridine rings is 1. The Morgan fingerprint density at radius 1 is 1.23 bits per heavy atom. The van der Waals surface area contributed by atoms with Crippen LogP contribution in [0.5, 0.6) is 0 Å². The predicted molar refractivity (Wildman–Crippen MR) is 101 cm³/mol. The fraction of sp³-hybridized carbons (Fsp3) is 0.333. The summed E-state index contributed by atoms with van der Waals surface area (Å²) in [7, 11) is -3.16. The zero-order valence-electron chi connectivity index (χ0n) is 14.6. The van der Waals surface area contributed by atoms with Crippen LogP contribution in [0.1, 0.15) is 6.42 Å². The van der Waals surface area contributed by atoms with E-state index in [1.807, 2.05) is 30.3 Å². The maximum absolute atomic E-state index is 12.2. The van der Waals surface area contributed by atoms with Crippen LogP contribution in [-0.4, -0.2) is 49.6 Å². The largest absolute Gasteiger partial charge is 0.338 e. The van der Waals surface area contributed by atoms with E-state index in [2.05, 4.69) is 15.6 Å². The van der Waals surface area contributed by atoms with Crippen LogP contribution in [0, 0.1) is 5.92 Å². The van der Waals surface area contributed by atoms with Crippen molar-refractivity contribution in [3.63, 3.8) is 0 Å². The molecule has 2 heterocycles. The molecule has 0 radical (unpaired) electrons. The molecule has 2 amide bonds. The summed E-state index contributed by atoms with van der Waals surface area (Å²) in [4.78, 5) is 16.6. The predicted octanol–water partition coefficient (Wildman–Crippen LogP) is 2.15. The van der Waals surface area contributed by atoms with Crippen molar-refractivity contribution < 1.29 is 13.2 Å². The normalized spacial score (nSPS) is 17.8. The van der Waals surface area contributed by atoms with E-state index in [-0.39, 0.29) is 11.9 Å². The summed E-state index contributed by atoms with van der Waals surface area (Å²) in [6.45, 7) is 1.38. The number of aromatic nitrogens is 1. The Labute approximate surface area is 153 Å². The number of hydrogen-bond donors (Lipinski definition) is 2. The highest BCUT2D eigenvalue weighted by molar-refractivity contribution is 7.88. The van der Waals surface area contributed by atoms with Crippen molar-refractivity contribution >= 4 is 21.7 Å². The molecule has 7 nitrogen and oxygen atoms in total. The van der Waals surface area contributed by atoms with Crippen molar-refractivity contribution in [3.8, 4) is 11.3 Å². The molecule has 1 aliphatic rings. The Morgan fingerprint density at radius 2 is 2.00 bits per heavy atom. The van der Waals surface area contributed by atoms with Gasteiger partial charge in [-0.3, -0.25) is 4.98 Å². The third-order valence-corrected chi connectivity index (χ3v) is 5.64. The first-order chi connectivity index (χ1) is 12.4. The van der Waals surface area contributed by atoms with Gasteiger partial charge in [-0.05, 0) is 24.5 Å². The second-order valence-electron chi connectivity index (χ2n) is 6.38. The minimum Gasteiger partial charge on any atom is -0.338 e. The second kappa shape index (κ2) is 7.84. The fourth-order valence-electron chi connectivity index (χ4n) is 3.00. The van der Waals surface area contributed by atoms with Gasteiger partial charge in [0.15, 0.2) is 0 Å². The van der Waals surface area contributed by atoms with E-state index in [1.165, 1.54) is 10.6 Å². The minimum absolute atomic E-state index is 0.123. The van der Waals surface area contributed by atoms with E-state index in [9.17, 15) is 13.2 Å². The molecule has 1 unspecified atom stereocenters. The van der Waals surface area contributed by atoms with Crippen LogP contribution in [0.3, 0.4) is 0 Å². The highest BCUT2D eigenvalue weighted by atomic mass is 32.2. The molecule has 1 aromatic heterocycles. The van der Waals surface area contributed by atoms with Crippen molar-refractivity contribution in [3.05, 3.63) is 48.7 Å². The molecule has 0 aliphatic carbocycles. The Hall–Kier alpha value is -2.45. The summed E-state index contributed by atoms with van der Waals surface area (Å²) in [6.07, 6.45) is 3.64. The summed E-state index contributed by atoms with van der Waals surface area (Å²) >= 11 is 0. The molecule has 1 fully saturated rings. The average molecular weight is 374 g/mol. The first kappa shape index (κ1) is 18.3. The van der Waals surface area contributed by atoms with E-state index in [0.29, 0.717) is 31.0 Å². The molecule has 1 saturated heterocycles. The maximum atomic E-state index is 12.2. The Kier molecular flexibility index (Phi) is 5.53. The van der Waals surface area contributed by atoms with Crippen molar-refractivity contribution in [2.75, 3.05) is 31.2 Å². The SMILES string of the molecule is CS(=O)(=O)N1CCC(CNC(=O)Nc2cccnc2-c2ccccc2)C1. The molecule has 1 aliphatic heterocycles. The van der Waals surface area contributed by atoms with E-state index in [4.69, 9.17) is 0 Å². The summed E-state index contributed by atoms with van der Waals surface area (Å²) in [6, 6.07) is 12.9. The van der Waals surface area contributed by atoms with E-state index >= 15 is 0 Å². The number of carbonyl (C=O) groups is 1. The second-order valence-corrected chi connectivity index (χ2v) is 8.36. The van der Waals surface area contributed by atoms with Crippen molar-refractivity contribution in [2.24, 2.45) is 5.92 Å². The first-order valence-electron chi connectivity index (χ1n) is 8.44. The molecule has 138 valence electrons. The van der Waals surface area contributed by atoms with Crippen LogP contribution in [0.25, 0.3) is 11.3 Å². The number of benzene rings is 1. The third kappa shape index (κ3) is 4.59. The molecule has 1 atom stereocenters. The van der Waals surface area contributed by atoms with Gasteiger partial charge in [0, 0.05) is 31.4 Å². The molecule has 8 heteroatoms. The van der Waals surface area contributed by atoms with Crippen molar-refractivity contribution in [2.45, 2.75) is 6.42 Å². The number of urea groups is 1. The molecular formula is C18H22N4O3S. The maximum Gasteiger partial charge on any atom is 0.319 e. The zero-order valence-corrected chi connectivity index (χ0v) is 15.4. The lowest BCUT2D eigenvalue weighted by Gasteiger charge is -2.15. The van der Waals surface area contributed by atoms with Gasteiger partial charge in [0.2, 0.25) is 10.0 Å². The molecule has 0 spiro atoms. The molecule has 2 N–H and O–H groups in total. The Balaban J connectivity index is 1.58. The Bertz CT molecular complexity index is 871. The molecule has 26 heavy (non-hydrogen) atoms. The Morgan fingerprint density at radius 3 is 2.69 bits per heavy atom. The van der Waals surface area contributed by atoms with Crippen LogP contribution in [0.15, 0.2) is 48.7 Å². The quantitative estimate of drug-likeness (QED) is 0.839. The fourth-order valence-corrected chi connectivity index (χ4v) is 3.92. The molecule has 2 aromatic rings. The summed E-state index contributed by atoms with van der Waals surface area (Å²) in [5.41, 5.74) is 2.25. The van der Waals surface area contributed by atoms with Gasteiger partial charge in [0.25, 0.3) is 0 Å². The van der Waals surface area contributed by atoms with Crippen LogP contribution in [-0.2, 0) is 10.0 Å². The van der Waals surface area contributed by atoms with Crippen molar-refractivity contribution in [1.82, 2.24) is 14.6 Å². The van der Waals surface area contributed by atoms with Crippen LogP contribution in [0.4, 0.5) is 10.5 Å². The minimum atomic E-state index is -3.16. The molecule has 0 saturated carbocycles. The zero-order chi connectivity index (χ0) is 18.6. The average Bonchev–Trinajstić information content (AvgIpc) is 3.11. The molecular weight excluding hydrogens is 352 g/mol. The van der Waals surface area contributed by atoms with Gasteiger partial charge in [-0.25, -0.2) is 17.5 Å². The van der Waals surface area contributed by atoms with Crippen LogP contribution in [0.2, 0.25) is 0 Å². The lowest BCUT2D eigenvalue weighted by Crippen LogP contribution is -2.35.